The van der Waals surface area contributed by atoms with Crippen LogP contribution in [0.4, 0.5) is 0 Å². The molecule has 3 nitrogen and oxygen atoms in total. The summed E-state index contributed by atoms with van der Waals surface area (Å²) in [5.74, 6) is 0. The van der Waals surface area contributed by atoms with E-state index in [9.17, 15) is 0 Å². The van der Waals surface area contributed by atoms with Crippen molar-refractivity contribution in [2.45, 2.75) is 13.3 Å². The highest BCUT2D eigenvalue weighted by Crippen LogP contribution is 2.00. The first kappa shape index (κ1) is 13.3. The molecule has 0 atom stereocenters. The minimum atomic E-state index is 0. The third-order valence-corrected chi connectivity index (χ3v) is 1.35. The van der Waals surface area contributed by atoms with Gasteiger partial charge in [-0.1, -0.05) is 0 Å². The lowest BCUT2D eigenvalue weighted by Crippen LogP contribution is -2.02. The van der Waals surface area contributed by atoms with E-state index in [1.54, 1.807) is 0 Å². The smallest absolute Gasteiger partial charge is 0.0623 e. The van der Waals surface area contributed by atoms with Gasteiger partial charge in [0.05, 0.1) is 5.69 Å². The molecule has 0 aliphatic rings. The summed E-state index contributed by atoms with van der Waals surface area (Å²) in [7, 11) is 0. The number of rotatable bonds is 2. The number of aromatic amines is 1. The van der Waals surface area contributed by atoms with Gasteiger partial charge in [-0.25, -0.2) is 0 Å². The number of nitrogens with two attached hydrogens (primary N) is 1. The first-order valence-corrected chi connectivity index (χ1v) is 3.04. The van der Waals surface area contributed by atoms with Gasteiger partial charge in [0.2, 0.25) is 0 Å². The number of nitrogens with zero attached hydrogens (tertiary/aromatic N) is 1. The van der Waals surface area contributed by atoms with Gasteiger partial charge in [0.15, 0.2) is 0 Å². The molecule has 0 bridgehead atoms. The van der Waals surface area contributed by atoms with E-state index in [2.05, 4.69) is 10.2 Å². The van der Waals surface area contributed by atoms with Gasteiger partial charge in [0.25, 0.3) is 0 Å². The van der Waals surface area contributed by atoms with Crippen LogP contribution < -0.4 is 5.73 Å². The van der Waals surface area contributed by atoms with Crippen molar-refractivity contribution in [2.24, 2.45) is 5.73 Å². The van der Waals surface area contributed by atoms with Gasteiger partial charge >= 0.3 is 0 Å². The summed E-state index contributed by atoms with van der Waals surface area (Å²) in [6.45, 7) is 2.67. The van der Waals surface area contributed by atoms with E-state index in [-0.39, 0.29) is 24.8 Å². The number of aromatic nitrogens is 2. The molecule has 1 rings (SSSR count). The second-order valence-corrected chi connectivity index (χ2v) is 2.03. The van der Waals surface area contributed by atoms with E-state index in [4.69, 9.17) is 5.73 Å². The molecule has 1 aromatic rings. The number of halogens is 2. The summed E-state index contributed by atoms with van der Waals surface area (Å²) < 4.78 is 0. The Kier molecular flexibility index (Phi) is 7.84. The van der Waals surface area contributed by atoms with Gasteiger partial charge in [-0.05, 0) is 25.5 Å². The molecule has 0 unspecified atom stereocenters. The Hall–Kier alpha value is -0.250. The summed E-state index contributed by atoms with van der Waals surface area (Å²) in [5.41, 5.74) is 7.62. The van der Waals surface area contributed by atoms with Gasteiger partial charge in [-0.2, -0.15) is 5.10 Å². The molecular weight excluding hydrogens is 185 g/mol. The Bertz CT molecular complexity index is 188. The highest BCUT2D eigenvalue weighted by atomic mass is 35.5. The number of aryl methyl sites for hydroxylation is 1. The first-order chi connectivity index (χ1) is 4.34. The minimum Gasteiger partial charge on any atom is -0.330 e. The lowest BCUT2D eigenvalue weighted by atomic mass is 10.2. The monoisotopic (exact) mass is 197 g/mol. The quantitative estimate of drug-likeness (QED) is 0.746. The fourth-order valence-electron chi connectivity index (χ4n) is 0.792. The Balaban J connectivity index is 0. The second-order valence-electron chi connectivity index (χ2n) is 2.03. The molecule has 0 aromatic carbocycles. The van der Waals surface area contributed by atoms with Crippen LogP contribution in [0.3, 0.4) is 0 Å². The number of nitrogens with one attached hydrogen (secondary N) is 1. The van der Waals surface area contributed by atoms with Crippen molar-refractivity contribution in [1.82, 2.24) is 10.2 Å². The lowest BCUT2D eigenvalue weighted by molar-refractivity contribution is 0.956. The molecule has 0 spiro atoms. The summed E-state index contributed by atoms with van der Waals surface area (Å²) in [4.78, 5) is 0. The molecule has 5 heteroatoms. The average Bonchev–Trinajstić information content (AvgIpc) is 2.18. The van der Waals surface area contributed by atoms with Gasteiger partial charge in [0, 0.05) is 6.20 Å². The summed E-state index contributed by atoms with van der Waals surface area (Å²) in [6, 6.07) is 0. The van der Waals surface area contributed by atoms with Gasteiger partial charge in [0.1, 0.15) is 0 Å². The van der Waals surface area contributed by atoms with Crippen LogP contribution in [0.5, 0.6) is 0 Å². The largest absolute Gasteiger partial charge is 0.330 e. The molecule has 3 N–H and O–H groups in total. The Labute approximate surface area is 78.6 Å². The molecule has 1 aromatic heterocycles. The van der Waals surface area contributed by atoms with E-state index in [0.29, 0.717) is 6.54 Å². The predicted octanol–water partition coefficient (Wildman–Crippen LogP) is 1.06. The highest BCUT2D eigenvalue weighted by Gasteiger charge is 1.96. The molecule has 0 aliphatic carbocycles. The zero-order valence-corrected chi connectivity index (χ0v) is 7.97. The van der Waals surface area contributed by atoms with Crippen molar-refractivity contribution in [3.05, 3.63) is 17.5 Å². The molecule has 11 heavy (non-hydrogen) atoms. The molecule has 66 valence electrons. The van der Waals surface area contributed by atoms with Crippen molar-refractivity contribution < 1.29 is 0 Å². The molecule has 0 fully saturated rings. The topological polar surface area (TPSA) is 54.7 Å². The van der Waals surface area contributed by atoms with E-state index < -0.39 is 0 Å². The lowest BCUT2D eigenvalue weighted by Gasteiger charge is -1.90. The number of hydrogen-bond acceptors (Lipinski definition) is 2. The second kappa shape index (κ2) is 6.46. The van der Waals surface area contributed by atoms with Gasteiger partial charge in [-0.15, -0.1) is 24.8 Å². The van der Waals surface area contributed by atoms with Crippen molar-refractivity contribution in [1.29, 1.82) is 0 Å². The fraction of sp³-hybridized carbons (Fsp3) is 0.500. The molecule has 0 saturated heterocycles. The summed E-state index contributed by atoms with van der Waals surface area (Å²) in [6.07, 6.45) is 2.81. The van der Waals surface area contributed by atoms with Gasteiger partial charge in [-0.3, -0.25) is 5.10 Å². The SMILES string of the molecule is Cc1n[nH]cc1CCN.Cl.Cl. The van der Waals surface area contributed by atoms with E-state index in [1.807, 2.05) is 13.1 Å². The zero-order valence-electron chi connectivity index (χ0n) is 6.33. The Morgan fingerprint density at radius 3 is 2.55 bits per heavy atom. The molecule has 1 heterocycles. The van der Waals surface area contributed by atoms with Crippen molar-refractivity contribution in [2.75, 3.05) is 6.54 Å². The minimum absolute atomic E-state index is 0. The maximum absolute atomic E-state index is 5.35. The van der Waals surface area contributed by atoms with Crippen molar-refractivity contribution in [3.63, 3.8) is 0 Å². The van der Waals surface area contributed by atoms with Crippen LogP contribution in [0.25, 0.3) is 0 Å². The van der Waals surface area contributed by atoms with Crippen molar-refractivity contribution in [3.8, 4) is 0 Å². The first-order valence-electron chi connectivity index (χ1n) is 3.04. The van der Waals surface area contributed by atoms with Crippen LogP contribution in [0.1, 0.15) is 11.3 Å². The molecule has 0 radical (unpaired) electrons. The molecule has 0 aliphatic heterocycles. The van der Waals surface area contributed by atoms with Crippen LogP contribution >= 0.6 is 24.8 Å². The third kappa shape index (κ3) is 3.60. The predicted molar refractivity (Wildman–Crippen MR) is 50.6 cm³/mol. The average molecular weight is 198 g/mol. The zero-order chi connectivity index (χ0) is 6.69. The maximum Gasteiger partial charge on any atom is 0.0623 e. The van der Waals surface area contributed by atoms with Crippen LogP contribution in [0.2, 0.25) is 0 Å². The van der Waals surface area contributed by atoms with E-state index in [0.717, 1.165) is 12.1 Å². The molecule has 0 amide bonds. The number of hydrogen-bond donors (Lipinski definition) is 2. The fourth-order valence-corrected chi connectivity index (χ4v) is 0.792. The normalized spacial score (nSPS) is 8.18. The maximum atomic E-state index is 5.35. The van der Waals surface area contributed by atoms with Crippen LogP contribution in [-0.2, 0) is 6.42 Å². The van der Waals surface area contributed by atoms with Crippen LogP contribution in [-0.4, -0.2) is 16.7 Å². The van der Waals surface area contributed by atoms with E-state index >= 15 is 0 Å². The number of H-pyrrole nitrogens is 1. The molecule has 0 saturated carbocycles. The van der Waals surface area contributed by atoms with E-state index in [1.165, 1.54) is 5.56 Å². The summed E-state index contributed by atoms with van der Waals surface area (Å²) in [5, 5.41) is 6.73. The highest BCUT2D eigenvalue weighted by molar-refractivity contribution is 5.85. The van der Waals surface area contributed by atoms with Gasteiger partial charge < -0.3 is 5.73 Å². The summed E-state index contributed by atoms with van der Waals surface area (Å²) >= 11 is 0. The third-order valence-electron chi connectivity index (χ3n) is 1.35. The van der Waals surface area contributed by atoms with Crippen molar-refractivity contribution >= 4 is 24.8 Å². The van der Waals surface area contributed by atoms with Crippen LogP contribution in [0.15, 0.2) is 6.20 Å². The Morgan fingerprint density at radius 1 is 1.55 bits per heavy atom. The van der Waals surface area contributed by atoms with Crippen LogP contribution in [0, 0.1) is 6.92 Å². The molecular formula is C6H13Cl2N3. The Morgan fingerprint density at radius 2 is 2.18 bits per heavy atom. The standard InChI is InChI=1S/C6H11N3.2ClH/c1-5-6(2-3-7)4-8-9-5;;/h4H,2-3,7H2,1H3,(H,8,9);2*1H.